The smallest absolute Gasteiger partial charge is 0.239 e. The molecule has 0 radical (unpaired) electrons. The Hall–Kier alpha value is -3.07. The van der Waals surface area contributed by atoms with Gasteiger partial charge in [-0.25, -0.2) is 16.3 Å². The number of aliphatic hydroxyl groups excluding tert-OH is 1. The van der Waals surface area contributed by atoms with Crippen LogP contribution in [0.15, 0.2) is 30.3 Å². The van der Waals surface area contributed by atoms with Crippen LogP contribution in [-0.2, 0) is 30.4 Å². The van der Waals surface area contributed by atoms with Gasteiger partial charge >= 0.3 is 0 Å². The normalized spacial score (nSPS) is 15.0. The lowest BCUT2D eigenvalue weighted by atomic mass is 9.97. The molecule has 1 amide bonds. The predicted octanol–water partition coefficient (Wildman–Crippen LogP) is -5.19. The fraction of sp³-hybridized carbons (Fsp3) is 0.577. The molecule has 0 saturated carbocycles. The van der Waals surface area contributed by atoms with Crippen molar-refractivity contribution in [1.82, 2.24) is 32.2 Å². The molecule has 43 heavy (non-hydrogen) atoms. The molecule has 17 heteroatoms. The zero-order valence-corrected chi connectivity index (χ0v) is 24.3. The van der Waals surface area contributed by atoms with E-state index in [0.717, 1.165) is 5.56 Å². The molecular formula is C26H47N11O6. The van der Waals surface area contributed by atoms with E-state index in [4.69, 9.17) is 28.8 Å². The second-order valence-corrected chi connectivity index (χ2v) is 10.0. The number of carbonyl (C=O) groups is 5. The Labute approximate surface area is 250 Å². The first-order valence-electron chi connectivity index (χ1n) is 14.0. The van der Waals surface area contributed by atoms with E-state index < -0.39 is 66.1 Å². The van der Waals surface area contributed by atoms with Crippen molar-refractivity contribution < 1.29 is 29.1 Å². The standard InChI is InChI=1S/C26H47N11O6/c1-15(39)21(23(42)22(41)17(35-31)9-5-11-32-25(27)28)37-36-18(10-6-12-33-26(29)30)24(43)34-19(20(40)14-38)13-16-7-3-2-4-8-16/h2-4,7-8,14-15,17-19,21,25-26,32-33,35-37,39H,5-6,9-13,27-31H2,1H3,(H,34,43)/t15-,17+,18+,19+,21+/m1/s1. The summed E-state index contributed by atoms with van der Waals surface area (Å²) in [6.45, 7) is 1.99. The maximum Gasteiger partial charge on any atom is 0.239 e. The van der Waals surface area contributed by atoms with Gasteiger partial charge in [0.05, 0.1) is 24.2 Å². The molecule has 0 spiro atoms. The van der Waals surface area contributed by atoms with Crippen LogP contribution in [0.25, 0.3) is 0 Å². The summed E-state index contributed by atoms with van der Waals surface area (Å²) in [5, 5.41) is 18.5. The van der Waals surface area contributed by atoms with E-state index in [-0.39, 0.29) is 25.5 Å². The molecule has 0 saturated heterocycles. The first kappa shape index (κ1) is 38.0. The summed E-state index contributed by atoms with van der Waals surface area (Å²) in [5.41, 5.74) is 30.2. The molecule has 242 valence electrons. The molecule has 5 atom stereocenters. The Morgan fingerprint density at radius 3 is 1.88 bits per heavy atom. The minimum atomic E-state index is -1.46. The molecule has 17 nitrogen and oxygen atoms in total. The van der Waals surface area contributed by atoms with Crippen molar-refractivity contribution in [2.45, 2.75) is 81.9 Å². The SMILES string of the molecule is C[C@@H](O)[C@H](NN[C@@H](CCCNC(N)N)C(=O)N[C@@H](Cc1ccccc1)C(=O)C=O)C(=O)C(=O)[C@H](CCCNC(N)N)NN. The van der Waals surface area contributed by atoms with E-state index in [1.807, 2.05) is 0 Å². The fourth-order valence-corrected chi connectivity index (χ4v) is 4.06. The van der Waals surface area contributed by atoms with Crippen LogP contribution in [0.2, 0.25) is 0 Å². The van der Waals surface area contributed by atoms with Crippen LogP contribution in [0.4, 0.5) is 0 Å². The Balaban J connectivity index is 3.02. The van der Waals surface area contributed by atoms with Gasteiger partial charge in [0.15, 0.2) is 6.29 Å². The highest BCUT2D eigenvalue weighted by Gasteiger charge is 2.34. The lowest BCUT2D eigenvalue weighted by molar-refractivity contribution is -0.141. The summed E-state index contributed by atoms with van der Waals surface area (Å²) < 4.78 is 0. The molecule has 0 aliphatic carbocycles. The van der Waals surface area contributed by atoms with Gasteiger partial charge in [0.2, 0.25) is 23.3 Å². The quantitative estimate of drug-likeness (QED) is 0.0130. The number of carbonyl (C=O) groups excluding carboxylic acids is 5. The third-order valence-corrected chi connectivity index (χ3v) is 6.41. The van der Waals surface area contributed by atoms with Gasteiger partial charge in [-0.2, -0.15) is 0 Å². The van der Waals surface area contributed by atoms with Gasteiger partial charge in [0.25, 0.3) is 0 Å². The highest BCUT2D eigenvalue weighted by Crippen LogP contribution is 2.07. The van der Waals surface area contributed by atoms with Gasteiger partial charge < -0.3 is 33.4 Å². The van der Waals surface area contributed by atoms with Crippen LogP contribution in [0.5, 0.6) is 0 Å². The molecule has 17 N–H and O–H groups in total. The molecular weight excluding hydrogens is 562 g/mol. The van der Waals surface area contributed by atoms with Crippen LogP contribution < -0.4 is 61.0 Å². The lowest BCUT2D eigenvalue weighted by Crippen LogP contribution is -2.61. The number of hydrazine groups is 2. The van der Waals surface area contributed by atoms with Crippen molar-refractivity contribution in [3.05, 3.63) is 35.9 Å². The average Bonchev–Trinajstić information content (AvgIpc) is 2.97. The van der Waals surface area contributed by atoms with Gasteiger partial charge in [0, 0.05) is 6.42 Å². The predicted molar refractivity (Wildman–Crippen MR) is 159 cm³/mol. The topological polar surface area (TPSA) is 308 Å². The molecule has 0 heterocycles. The van der Waals surface area contributed by atoms with E-state index in [1.165, 1.54) is 6.92 Å². The zero-order valence-electron chi connectivity index (χ0n) is 24.3. The summed E-state index contributed by atoms with van der Waals surface area (Å²) in [6.07, 6.45) is -1.58. The summed E-state index contributed by atoms with van der Waals surface area (Å²) in [6, 6.07) is 4.07. The van der Waals surface area contributed by atoms with Crippen molar-refractivity contribution in [1.29, 1.82) is 0 Å². The largest absolute Gasteiger partial charge is 0.391 e. The number of aliphatic hydroxyl groups is 1. The van der Waals surface area contributed by atoms with Crippen LogP contribution in [-0.4, -0.2) is 90.6 Å². The Kier molecular flexibility index (Phi) is 18.3. The molecule has 0 aromatic heterocycles. The first-order chi connectivity index (χ1) is 20.4. The zero-order chi connectivity index (χ0) is 32.4. The monoisotopic (exact) mass is 609 g/mol. The number of benzene rings is 1. The van der Waals surface area contributed by atoms with Gasteiger partial charge in [-0.3, -0.25) is 40.4 Å². The van der Waals surface area contributed by atoms with Gasteiger partial charge in [-0.15, -0.1) is 0 Å². The van der Waals surface area contributed by atoms with Crippen molar-refractivity contribution >= 4 is 29.5 Å². The van der Waals surface area contributed by atoms with Gasteiger partial charge in [-0.1, -0.05) is 30.3 Å². The summed E-state index contributed by atoms with van der Waals surface area (Å²) >= 11 is 0. The van der Waals surface area contributed by atoms with Crippen molar-refractivity contribution in [2.24, 2.45) is 28.8 Å². The molecule has 0 aliphatic rings. The highest BCUT2D eigenvalue weighted by molar-refractivity contribution is 6.41. The maximum absolute atomic E-state index is 13.3. The van der Waals surface area contributed by atoms with Crippen LogP contribution in [0.3, 0.4) is 0 Å². The van der Waals surface area contributed by atoms with Gasteiger partial charge in [0.1, 0.15) is 18.6 Å². The Morgan fingerprint density at radius 2 is 1.40 bits per heavy atom. The second kappa shape index (κ2) is 20.8. The van der Waals surface area contributed by atoms with Crippen LogP contribution >= 0.6 is 0 Å². The molecule has 0 bridgehead atoms. The summed E-state index contributed by atoms with van der Waals surface area (Å²) in [5.74, 6) is 2.13. The van der Waals surface area contributed by atoms with Crippen LogP contribution in [0.1, 0.15) is 38.2 Å². The van der Waals surface area contributed by atoms with Crippen LogP contribution in [0, 0.1) is 0 Å². The van der Waals surface area contributed by atoms with E-state index in [1.54, 1.807) is 30.3 Å². The lowest BCUT2D eigenvalue weighted by Gasteiger charge is -2.27. The number of nitrogens with one attached hydrogen (secondary N) is 6. The number of amides is 1. The van der Waals surface area contributed by atoms with E-state index in [0.29, 0.717) is 25.9 Å². The Bertz CT molecular complexity index is 1010. The number of nitrogens with two attached hydrogens (primary N) is 5. The van der Waals surface area contributed by atoms with E-state index >= 15 is 0 Å². The van der Waals surface area contributed by atoms with Crippen molar-refractivity contribution in [3.63, 3.8) is 0 Å². The number of aldehydes is 1. The van der Waals surface area contributed by atoms with E-state index in [9.17, 15) is 29.1 Å². The highest BCUT2D eigenvalue weighted by atomic mass is 16.3. The van der Waals surface area contributed by atoms with Crippen molar-refractivity contribution in [3.8, 4) is 0 Å². The fourth-order valence-electron chi connectivity index (χ4n) is 4.06. The molecule has 1 rings (SSSR count). The minimum Gasteiger partial charge on any atom is -0.391 e. The van der Waals surface area contributed by atoms with Crippen molar-refractivity contribution in [2.75, 3.05) is 13.1 Å². The van der Waals surface area contributed by atoms with E-state index in [2.05, 4.69) is 32.2 Å². The number of hydrogen-bond acceptors (Lipinski definition) is 16. The summed E-state index contributed by atoms with van der Waals surface area (Å²) in [7, 11) is 0. The molecule has 0 unspecified atom stereocenters. The number of Topliss-reactive ketones (excluding diaryl/α,β-unsaturated/α-hetero) is 3. The summed E-state index contributed by atoms with van der Waals surface area (Å²) in [4.78, 5) is 62.9. The minimum absolute atomic E-state index is 0.0669. The molecule has 1 aromatic rings. The third-order valence-electron chi connectivity index (χ3n) is 6.41. The molecule has 0 fully saturated rings. The second-order valence-electron chi connectivity index (χ2n) is 10.0. The Morgan fingerprint density at radius 1 is 0.837 bits per heavy atom. The number of hydrogen-bond donors (Lipinski definition) is 12. The number of rotatable bonds is 24. The maximum atomic E-state index is 13.3. The molecule has 0 aliphatic heterocycles. The third kappa shape index (κ3) is 14.8. The van der Waals surface area contributed by atoms with Gasteiger partial charge in [-0.05, 0) is 51.3 Å². The average molecular weight is 610 g/mol. The first-order valence-corrected chi connectivity index (χ1v) is 14.0. The number of ketones is 3. The molecule has 1 aromatic carbocycles.